The van der Waals surface area contributed by atoms with Gasteiger partial charge in [-0.05, 0) is 55.3 Å². The average molecular weight is 441 g/mol. The molecule has 0 fully saturated rings. The zero-order valence-electron chi connectivity index (χ0n) is 9.87. The molecular weight excluding hydrogens is 428 g/mol. The number of nitrogens with zero attached hydrogens (tertiary/aromatic N) is 2. The summed E-state index contributed by atoms with van der Waals surface area (Å²) >= 11 is 10.0. The van der Waals surface area contributed by atoms with Crippen molar-refractivity contribution in [3.63, 3.8) is 0 Å². The van der Waals surface area contributed by atoms with Crippen LogP contribution in [-0.4, -0.2) is 4.86 Å². The van der Waals surface area contributed by atoms with Crippen molar-refractivity contribution in [2.75, 3.05) is 0 Å². The van der Waals surface area contributed by atoms with Crippen molar-refractivity contribution in [1.29, 1.82) is 0 Å². The largest absolute Gasteiger partial charge is 0.594 e. The van der Waals surface area contributed by atoms with Crippen LogP contribution >= 0.6 is 47.8 Å². The number of halogens is 3. The maximum Gasteiger partial charge on any atom is 0.273 e. The molecule has 0 aliphatic heterocycles. The highest BCUT2D eigenvalue weighted by molar-refractivity contribution is 9.11. The minimum absolute atomic E-state index is 0.457. The van der Waals surface area contributed by atoms with Gasteiger partial charge in [0, 0.05) is 9.59 Å². The highest BCUT2D eigenvalue weighted by atomic mass is 79.9. The summed E-state index contributed by atoms with van der Waals surface area (Å²) in [5.74, 6) is 0. The third-order valence-electron chi connectivity index (χ3n) is 2.17. The van der Waals surface area contributed by atoms with Gasteiger partial charge in [-0.1, -0.05) is 41.8 Å². The minimum atomic E-state index is 0.457. The highest BCUT2D eigenvalue weighted by Crippen LogP contribution is 2.36. The fourth-order valence-electron chi connectivity index (χ4n) is 1.28. The number of rotatable bonds is 5. The fraction of sp³-hybridized carbons (Fsp3) is 0.333. The Morgan fingerprint density at radius 2 is 1.89 bits per heavy atom. The molecule has 0 radical (unpaired) electrons. The summed E-state index contributed by atoms with van der Waals surface area (Å²) in [4.78, 5) is 0.600. The van der Waals surface area contributed by atoms with Crippen molar-refractivity contribution in [2.24, 2.45) is 5.11 Å². The van der Waals surface area contributed by atoms with E-state index in [0.717, 1.165) is 23.7 Å². The Morgan fingerprint density at radius 3 is 2.44 bits per heavy atom. The van der Waals surface area contributed by atoms with Gasteiger partial charge in [-0.15, -0.1) is 0 Å². The molecule has 0 atom stereocenters. The predicted octanol–water partition coefficient (Wildman–Crippen LogP) is 6.27. The van der Waals surface area contributed by atoms with Crippen LogP contribution < -0.4 is 0 Å². The molecule has 0 amide bonds. The maximum absolute atomic E-state index is 11.9. The second-order valence-electron chi connectivity index (χ2n) is 3.63. The van der Waals surface area contributed by atoms with Gasteiger partial charge in [0.25, 0.3) is 5.69 Å². The normalized spacial score (nSPS) is 12.3. The van der Waals surface area contributed by atoms with E-state index in [-0.39, 0.29) is 0 Å². The second kappa shape index (κ2) is 8.07. The Kier molecular flexibility index (Phi) is 7.11. The van der Waals surface area contributed by atoms with Crippen LogP contribution in [0.4, 0.5) is 5.69 Å². The molecule has 0 N–H and O–H groups in total. The van der Waals surface area contributed by atoms with E-state index in [1.165, 1.54) is 0 Å². The van der Waals surface area contributed by atoms with Gasteiger partial charge in [0.05, 0.1) is 15.1 Å². The molecule has 1 aromatic carbocycles. The summed E-state index contributed by atoms with van der Waals surface area (Å²) in [5.41, 5.74) is 0.457. The van der Waals surface area contributed by atoms with Crippen molar-refractivity contribution < 1.29 is 4.86 Å². The van der Waals surface area contributed by atoms with Crippen molar-refractivity contribution in [2.45, 2.75) is 26.2 Å². The van der Waals surface area contributed by atoms with Crippen LogP contribution in [0.1, 0.15) is 26.2 Å². The molecule has 0 saturated heterocycles. The third kappa shape index (κ3) is 4.82. The fourth-order valence-corrected chi connectivity index (χ4v) is 3.84. The molecule has 0 aliphatic carbocycles. The first-order valence-electron chi connectivity index (χ1n) is 5.53. The van der Waals surface area contributed by atoms with Crippen LogP contribution in [0.5, 0.6) is 0 Å². The van der Waals surface area contributed by atoms with Gasteiger partial charge in [-0.25, -0.2) is 0 Å². The molecule has 1 rings (SSSR count). The monoisotopic (exact) mass is 438 g/mol. The van der Waals surface area contributed by atoms with E-state index in [4.69, 9.17) is 0 Å². The average Bonchev–Trinajstić information content (AvgIpc) is 2.27. The third-order valence-corrected chi connectivity index (χ3v) is 3.84. The first-order valence-corrected chi connectivity index (χ1v) is 7.91. The Labute approximate surface area is 132 Å². The van der Waals surface area contributed by atoms with Crippen LogP contribution in [0.15, 0.2) is 42.9 Å². The lowest BCUT2D eigenvalue weighted by molar-refractivity contribution is -0.438. The Balaban J connectivity index is 2.87. The first kappa shape index (κ1) is 15.9. The molecule has 0 unspecified atom stereocenters. The summed E-state index contributed by atoms with van der Waals surface area (Å²) in [7, 11) is 0. The summed E-state index contributed by atoms with van der Waals surface area (Å²) < 4.78 is 2.26. The van der Waals surface area contributed by atoms with E-state index in [0.29, 0.717) is 19.5 Å². The molecule has 0 saturated carbocycles. The lowest BCUT2D eigenvalue weighted by Gasteiger charge is -2.04. The van der Waals surface area contributed by atoms with Crippen LogP contribution in [-0.2, 0) is 0 Å². The topological polar surface area (TPSA) is 38.4 Å². The van der Waals surface area contributed by atoms with Crippen LogP contribution in [0.2, 0.25) is 0 Å². The first-order chi connectivity index (χ1) is 8.56. The number of unbranched alkanes of at least 4 members (excludes halogenated alkanes) is 2. The van der Waals surface area contributed by atoms with Gasteiger partial charge in [0.1, 0.15) is 0 Å². The second-order valence-corrected chi connectivity index (χ2v) is 6.26. The van der Waals surface area contributed by atoms with E-state index < -0.39 is 0 Å². The molecular formula is C12H13Br3N2O. The van der Waals surface area contributed by atoms with Crippen molar-refractivity contribution in [1.82, 2.24) is 0 Å². The Bertz CT molecular complexity index is 449. The number of azo groups is 1. The summed E-state index contributed by atoms with van der Waals surface area (Å²) in [5, 5.41) is 15.7. The number of benzene rings is 1. The summed E-state index contributed by atoms with van der Waals surface area (Å²) in [6, 6.07) is 3.61. The minimum Gasteiger partial charge on any atom is -0.594 e. The number of allylic oxidation sites excluding steroid dienone is 1. The quantitative estimate of drug-likeness (QED) is 0.230. The molecule has 0 aliphatic rings. The molecule has 0 bridgehead atoms. The molecule has 18 heavy (non-hydrogen) atoms. The highest BCUT2D eigenvalue weighted by Gasteiger charge is 2.15. The molecule has 1 aromatic rings. The smallest absolute Gasteiger partial charge is 0.273 e. The standard InChI is InChI=1S/C12H13Br3N2O/c1-2-3-4-5-6-16-17(18)12-10(14)7-9(13)8-11(12)15/h5-8H,2-4H2,1H3/b6-5-,17-16?. The van der Waals surface area contributed by atoms with Crippen LogP contribution in [0.3, 0.4) is 0 Å². The van der Waals surface area contributed by atoms with Gasteiger partial charge in [0.15, 0.2) is 0 Å². The molecule has 0 spiro atoms. The van der Waals surface area contributed by atoms with Crippen LogP contribution in [0.25, 0.3) is 0 Å². The van der Waals surface area contributed by atoms with Gasteiger partial charge in [0.2, 0.25) is 0 Å². The van der Waals surface area contributed by atoms with Crippen LogP contribution in [0, 0.1) is 5.21 Å². The Morgan fingerprint density at radius 1 is 1.28 bits per heavy atom. The molecule has 3 nitrogen and oxygen atoms in total. The van der Waals surface area contributed by atoms with E-state index in [1.807, 2.05) is 6.08 Å². The summed E-state index contributed by atoms with van der Waals surface area (Å²) in [6.45, 7) is 2.13. The zero-order valence-corrected chi connectivity index (χ0v) is 14.6. The SMILES string of the molecule is CCCC/C=C\N=[N+]([O-])c1c(Br)cc(Br)cc1Br. The lowest BCUT2D eigenvalue weighted by Crippen LogP contribution is -1.93. The van der Waals surface area contributed by atoms with E-state index in [1.54, 1.807) is 18.3 Å². The van der Waals surface area contributed by atoms with Gasteiger partial charge >= 0.3 is 0 Å². The van der Waals surface area contributed by atoms with E-state index in [2.05, 4.69) is 59.8 Å². The molecule has 98 valence electrons. The van der Waals surface area contributed by atoms with Crippen molar-refractivity contribution in [3.8, 4) is 0 Å². The van der Waals surface area contributed by atoms with Gasteiger partial charge in [-0.2, -0.15) is 0 Å². The molecule has 0 aromatic heterocycles. The van der Waals surface area contributed by atoms with E-state index >= 15 is 0 Å². The zero-order chi connectivity index (χ0) is 13.5. The maximum atomic E-state index is 11.9. The number of hydrogen-bond acceptors (Lipinski definition) is 2. The van der Waals surface area contributed by atoms with E-state index in [9.17, 15) is 5.21 Å². The van der Waals surface area contributed by atoms with Crippen molar-refractivity contribution >= 4 is 53.5 Å². The lowest BCUT2D eigenvalue weighted by atomic mass is 10.2. The Hall–Kier alpha value is -0.200. The van der Waals surface area contributed by atoms with Gasteiger partial charge in [-0.3, -0.25) is 0 Å². The molecule has 0 heterocycles. The molecule has 6 heteroatoms. The summed E-state index contributed by atoms with van der Waals surface area (Å²) in [6.07, 6.45) is 6.63. The van der Waals surface area contributed by atoms with Gasteiger partial charge < -0.3 is 5.21 Å². The number of hydrogen-bond donors (Lipinski definition) is 0. The predicted molar refractivity (Wildman–Crippen MR) is 83.9 cm³/mol. The van der Waals surface area contributed by atoms with Crippen molar-refractivity contribution in [3.05, 3.63) is 43.0 Å².